The molecule has 6 heteroatoms. The molecule has 3 rings (SSSR count). The highest BCUT2D eigenvalue weighted by atomic mass is 35.5. The second kappa shape index (κ2) is 6.72. The summed E-state index contributed by atoms with van der Waals surface area (Å²) in [6.07, 6.45) is 0.758. The number of aliphatic carboxylic acids is 1. The molecule has 23 heavy (non-hydrogen) atoms. The Morgan fingerprint density at radius 2 is 2.04 bits per heavy atom. The first-order chi connectivity index (χ1) is 11.0. The molecule has 1 aromatic heterocycles. The third-order valence-corrected chi connectivity index (χ3v) is 5.43. The Bertz CT molecular complexity index is 729. The van der Waals surface area contributed by atoms with Crippen LogP contribution in [-0.2, 0) is 22.6 Å². The van der Waals surface area contributed by atoms with Gasteiger partial charge in [-0.05, 0) is 23.6 Å². The lowest BCUT2D eigenvalue weighted by Gasteiger charge is -2.28. The van der Waals surface area contributed by atoms with Crippen LogP contribution in [0.2, 0.25) is 4.34 Å². The van der Waals surface area contributed by atoms with Gasteiger partial charge in [0.2, 0.25) is 5.91 Å². The summed E-state index contributed by atoms with van der Waals surface area (Å²) < 4.78 is 0.733. The molecule has 0 aliphatic carbocycles. The van der Waals surface area contributed by atoms with Crippen LogP contribution in [0, 0.1) is 0 Å². The fourth-order valence-corrected chi connectivity index (χ4v) is 4.14. The minimum atomic E-state index is -0.971. The maximum Gasteiger partial charge on any atom is 0.311 e. The molecule has 1 atom stereocenters. The topological polar surface area (TPSA) is 57.6 Å². The van der Waals surface area contributed by atoms with Crippen molar-refractivity contribution >= 4 is 34.8 Å². The fourth-order valence-electron chi connectivity index (χ4n) is 2.85. The van der Waals surface area contributed by atoms with E-state index in [0.29, 0.717) is 18.7 Å². The molecule has 1 aliphatic heterocycles. The molecule has 0 saturated heterocycles. The zero-order chi connectivity index (χ0) is 16.4. The summed E-state index contributed by atoms with van der Waals surface area (Å²) >= 11 is 7.57. The smallest absolute Gasteiger partial charge is 0.311 e. The monoisotopic (exact) mass is 349 g/mol. The van der Waals surface area contributed by atoms with Crippen molar-refractivity contribution in [1.82, 2.24) is 4.90 Å². The predicted molar refractivity (Wildman–Crippen MR) is 89.9 cm³/mol. The number of nitrogens with zero attached hydrogens (tertiary/aromatic N) is 1. The second-order valence-corrected chi connectivity index (χ2v) is 7.34. The van der Waals surface area contributed by atoms with Gasteiger partial charge in [-0.25, -0.2) is 0 Å². The van der Waals surface area contributed by atoms with E-state index in [1.807, 2.05) is 12.1 Å². The first-order valence-electron chi connectivity index (χ1n) is 7.37. The van der Waals surface area contributed by atoms with Gasteiger partial charge in [-0.3, -0.25) is 9.59 Å². The highest BCUT2D eigenvalue weighted by Crippen LogP contribution is 2.32. The number of amides is 1. The van der Waals surface area contributed by atoms with E-state index >= 15 is 0 Å². The lowest BCUT2D eigenvalue weighted by Crippen LogP contribution is -2.36. The molecule has 4 nitrogen and oxygen atoms in total. The summed E-state index contributed by atoms with van der Waals surface area (Å²) in [5.41, 5.74) is 1.73. The zero-order valence-electron chi connectivity index (χ0n) is 12.4. The Balaban J connectivity index is 1.72. The van der Waals surface area contributed by atoms with E-state index < -0.39 is 11.9 Å². The summed E-state index contributed by atoms with van der Waals surface area (Å²) in [6.45, 7) is 1.13. The standard InChI is InChI=1S/C17H16ClNO3S/c18-15-8-12-10-19(7-6-14(12)23-15)16(20)9-13(17(21)22)11-4-2-1-3-5-11/h1-5,8,13H,6-7,9-10H2,(H,21,22). The fraction of sp³-hybridized carbons (Fsp3) is 0.294. The van der Waals surface area contributed by atoms with Gasteiger partial charge in [0.1, 0.15) is 0 Å². The SMILES string of the molecule is O=C(O)C(CC(=O)N1CCc2sc(Cl)cc2C1)c1ccccc1. The van der Waals surface area contributed by atoms with Crippen molar-refractivity contribution in [3.05, 3.63) is 56.7 Å². The van der Waals surface area contributed by atoms with E-state index in [4.69, 9.17) is 11.6 Å². The van der Waals surface area contributed by atoms with E-state index in [2.05, 4.69) is 0 Å². The van der Waals surface area contributed by atoms with Gasteiger partial charge in [0.25, 0.3) is 0 Å². The van der Waals surface area contributed by atoms with Crippen LogP contribution in [-0.4, -0.2) is 28.4 Å². The van der Waals surface area contributed by atoms with Crippen molar-refractivity contribution in [3.8, 4) is 0 Å². The third kappa shape index (κ3) is 3.57. The zero-order valence-corrected chi connectivity index (χ0v) is 13.9. The molecule has 0 fully saturated rings. The Morgan fingerprint density at radius 1 is 1.30 bits per heavy atom. The van der Waals surface area contributed by atoms with Gasteiger partial charge < -0.3 is 10.0 Å². The quantitative estimate of drug-likeness (QED) is 0.918. The minimum absolute atomic E-state index is 0.0213. The van der Waals surface area contributed by atoms with Crippen LogP contribution in [0.5, 0.6) is 0 Å². The number of benzene rings is 1. The molecule has 0 radical (unpaired) electrons. The van der Waals surface area contributed by atoms with Gasteiger partial charge >= 0.3 is 5.97 Å². The summed E-state index contributed by atoms with van der Waals surface area (Å²) in [6, 6.07) is 10.8. The number of carboxylic acid groups (broad SMARTS) is 1. The number of fused-ring (bicyclic) bond motifs is 1. The van der Waals surface area contributed by atoms with Crippen LogP contribution in [0.3, 0.4) is 0 Å². The van der Waals surface area contributed by atoms with Gasteiger partial charge in [-0.1, -0.05) is 41.9 Å². The molecule has 1 aromatic carbocycles. The number of rotatable bonds is 4. The number of carboxylic acids is 1. The molecule has 2 aromatic rings. The summed E-state index contributed by atoms with van der Waals surface area (Å²) in [4.78, 5) is 27.0. The molecular formula is C17H16ClNO3S. The first kappa shape index (κ1) is 16.0. The highest BCUT2D eigenvalue weighted by molar-refractivity contribution is 7.16. The third-order valence-electron chi connectivity index (χ3n) is 4.07. The van der Waals surface area contributed by atoms with Crippen LogP contribution >= 0.6 is 22.9 Å². The molecule has 0 saturated carbocycles. The van der Waals surface area contributed by atoms with Crippen molar-refractivity contribution < 1.29 is 14.7 Å². The van der Waals surface area contributed by atoms with Crippen LogP contribution in [0.25, 0.3) is 0 Å². The maximum absolute atomic E-state index is 12.5. The molecule has 1 amide bonds. The van der Waals surface area contributed by atoms with Crippen molar-refractivity contribution in [3.63, 3.8) is 0 Å². The van der Waals surface area contributed by atoms with Gasteiger partial charge in [0.05, 0.1) is 10.3 Å². The average Bonchev–Trinajstić information content (AvgIpc) is 2.92. The second-order valence-electron chi connectivity index (χ2n) is 5.57. The van der Waals surface area contributed by atoms with E-state index in [1.165, 1.54) is 4.88 Å². The van der Waals surface area contributed by atoms with Crippen molar-refractivity contribution in [2.75, 3.05) is 6.54 Å². The number of hydrogen-bond acceptors (Lipinski definition) is 3. The maximum atomic E-state index is 12.5. The number of halogens is 1. The van der Waals surface area contributed by atoms with Gasteiger partial charge in [0.15, 0.2) is 0 Å². The molecule has 0 bridgehead atoms. The highest BCUT2D eigenvalue weighted by Gasteiger charge is 2.28. The average molecular weight is 350 g/mol. The van der Waals surface area contributed by atoms with E-state index in [9.17, 15) is 14.7 Å². The first-order valence-corrected chi connectivity index (χ1v) is 8.56. The molecule has 0 spiro atoms. The Labute approximate surface area is 143 Å². The van der Waals surface area contributed by atoms with Crippen molar-refractivity contribution in [2.24, 2.45) is 0 Å². The van der Waals surface area contributed by atoms with Crippen LogP contribution in [0.15, 0.2) is 36.4 Å². The van der Waals surface area contributed by atoms with Crippen molar-refractivity contribution in [2.45, 2.75) is 25.3 Å². The number of carbonyl (C=O) groups is 2. The Kier molecular flexibility index (Phi) is 4.68. The van der Waals surface area contributed by atoms with E-state index in [-0.39, 0.29) is 12.3 Å². The van der Waals surface area contributed by atoms with Gasteiger partial charge in [-0.2, -0.15) is 0 Å². The Hall–Kier alpha value is -1.85. The molecule has 1 unspecified atom stereocenters. The van der Waals surface area contributed by atoms with Crippen LogP contribution in [0.1, 0.15) is 28.3 Å². The number of hydrogen-bond donors (Lipinski definition) is 1. The predicted octanol–water partition coefficient (Wildman–Crippen LogP) is 3.54. The minimum Gasteiger partial charge on any atom is -0.481 e. The lowest BCUT2D eigenvalue weighted by molar-refractivity contribution is -0.143. The van der Waals surface area contributed by atoms with Gasteiger partial charge in [0, 0.05) is 24.4 Å². The lowest BCUT2D eigenvalue weighted by atomic mass is 9.95. The van der Waals surface area contributed by atoms with E-state index in [1.54, 1.807) is 40.5 Å². The molecular weight excluding hydrogens is 334 g/mol. The van der Waals surface area contributed by atoms with E-state index in [0.717, 1.165) is 16.3 Å². The Morgan fingerprint density at radius 3 is 2.74 bits per heavy atom. The number of thiophene rings is 1. The number of carbonyl (C=O) groups excluding carboxylic acids is 1. The van der Waals surface area contributed by atoms with Crippen LogP contribution in [0.4, 0.5) is 0 Å². The normalized spacial score (nSPS) is 15.1. The molecule has 120 valence electrons. The molecule has 1 aliphatic rings. The van der Waals surface area contributed by atoms with Crippen molar-refractivity contribution in [1.29, 1.82) is 0 Å². The summed E-state index contributed by atoms with van der Waals surface area (Å²) in [5, 5.41) is 9.45. The summed E-state index contributed by atoms with van der Waals surface area (Å²) in [5.74, 6) is -1.91. The van der Waals surface area contributed by atoms with Crippen LogP contribution < -0.4 is 0 Å². The van der Waals surface area contributed by atoms with Gasteiger partial charge in [-0.15, -0.1) is 11.3 Å². The molecule has 1 N–H and O–H groups in total. The summed E-state index contributed by atoms with van der Waals surface area (Å²) in [7, 11) is 0. The molecule has 2 heterocycles. The largest absolute Gasteiger partial charge is 0.481 e.